The third-order valence-electron chi connectivity index (χ3n) is 7.69. The van der Waals surface area contributed by atoms with Crippen LogP contribution in [0.3, 0.4) is 0 Å². The molecule has 0 bridgehead atoms. The van der Waals surface area contributed by atoms with Crippen molar-refractivity contribution in [1.82, 2.24) is 0 Å². The third-order valence-corrected chi connectivity index (χ3v) is 7.69. The van der Waals surface area contributed by atoms with Gasteiger partial charge in [-0.2, -0.15) is 0 Å². The highest BCUT2D eigenvalue weighted by atomic mass is 16.7. The molecule has 0 spiro atoms. The van der Waals surface area contributed by atoms with E-state index in [2.05, 4.69) is 13.0 Å². The predicted molar refractivity (Wildman–Crippen MR) is 152 cm³/mol. The van der Waals surface area contributed by atoms with Crippen molar-refractivity contribution < 1.29 is 54.7 Å². The lowest BCUT2D eigenvalue weighted by Gasteiger charge is -2.46. The smallest absolute Gasteiger partial charge is 0.187 e. The van der Waals surface area contributed by atoms with Gasteiger partial charge in [0, 0.05) is 0 Å². The van der Waals surface area contributed by atoms with Gasteiger partial charge in [-0.25, -0.2) is 0 Å². The Kier molecular flexibility index (Phi) is 18.4. The second-order valence-electron chi connectivity index (χ2n) is 11.0. The van der Waals surface area contributed by atoms with Gasteiger partial charge in [0.1, 0.15) is 48.8 Å². The first kappa shape index (κ1) is 36.2. The van der Waals surface area contributed by atoms with E-state index in [0.717, 1.165) is 12.8 Å². The fourth-order valence-corrected chi connectivity index (χ4v) is 5.15. The molecule has 0 aromatic carbocycles. The molecule has 11 nitrogen and oxygen atoms in total. The van der Waals surface area contributed by atoms with Crippen LogP contribution in [0.1, 0.15) is 84.0 Å². The highest BCUT2D eigenvalue weighted by molar-refractivity contribution is 5.03. The monoisotopic (exact) mass is 590 g/mol. The van der Waals surface area contributed by atoms with E-state index in [1.165, 1.54) is 64.2 Å². The summed E-state index contributed by atoms with van der Waals surface area (Å²) in [7, 11) is 0. The molecule has 2 saturated heterocycles. The standard InChI is InChI=1S/C30H54O11/c1-2-3-4-5-6-7-8-9-10-11-12-13-14-15-16-17-18-38-28-23(33)21(19-31)40-30(26(28)36)41-27-22(20-32)39-29(37)25(35)24(27)34/h14-17,21-37H,2-13,18-20H2,1H3/t21-,22-,23-,24-,25-,26-,27-,28+,29-,30-/m1/s1. The summed E-state index contributed by atoms with van der Waals surface area (Å²) in [5.74, 6) is 0. The van der Waals surface area contributed by atoms with Gasteiger partial charge >= 0.3 is 0 Å². The van der Waals surface area contributed by atoms with Gasteiger partial charge in [0.15, 0.2) is 12.6 Å². The van der Waals surface area contributed by atoms with E-state index in [4.69, 9.17) is 18.9 Å². The van der Waals surface area contributed by atoms with Crippen LogP contribution in [0, 0.1) is 0 Å². The van der Waals surface area contributed by atoms with Gasteiger partial charge in [0.2, 0.25) is 0 Å². The van der Waals surface area contributed by atoms with Crippen molar-refractivity contribution in [2.45, 2.75) is 145 Å². The van der Waals surface area contributed by atoms with Crippen LogP contribution in [-0.2, 0) is 18.9 Å². The number of hydrogen-bond acceptors (Lipinski definition) is 11. The van der Waals surface area contributed by atoms with Crippen molar-refractivity contribution >= 4 is 0 Å². The lowest BCUT2D eigenvalue weighted by molar-refractivity contribution is -0.357. The first-order valence-electron chi connectivity index (χ1n) is 15.4. The van der Waals surface area contributed by atoms with Crippen molar-refractivity contribution in [2.75, 3.05) is 19.8 Å². The quantitative estimate of drug-likeness (QED) is 0.0806. The fourth-order valence-electron chi connectivity index (χ4n) is 5.15. The Hall–Kier alpha value is -0.960. The summed E-state index contributed by atoms with van der Waals surface area (Å²) in [5, 5.41) is 70.5. The van der Waals surface area contributed by atoms with Crippen molar-refractivity contribution in [1.29, 1.82) is 0 Å². The summed E-state index contributed by atoms with van der Waals surface area (Å²) in [6.45, 7) is 1.05. The van der Waals surface area contributed by atoms with Gasteiger partial charge in [-0.05, 0) is 12.8 Å². The molecule has 11 heteroatoms. The van der Waals surface area contributed by atoms with Crippen LogP contribution in [0.15, 0.2) is 24.3 Å². The number of hydrogen-bond donors (Lipinski definition) is 7. The van der Waals surface area contributed by atoms with Gasteiger partial charge in [-0.1, -0.05) is 95.4 Å². The number of rotatable bonds is 20. The molecule has 0 saturated carbocycles. The molecule has 0 aromatic heterocycles. The number of aliphatic hydroxyl groups excluding tert-OH is 7. The van der Waals surface area contributed by atoms with E-state index in [0.29, 0.717) is 0 Å². The second kappa shape index (κ2) is 20.9. The van der Waals surface area contributed by atoms with E-state index in [-0.39, 0.29) is 6.61 Å². The summed E-state index contributed by atoms with van der Waals surface area (Å²) in [4.78, 5) is 0. The topological polar surface area (TPSA) is 179 Å². The molecule has 2 heterocycles. The van der Waals surface area contributed by atoms with Crippen molar-refractivity contribution in [3.05, 3.63) is 24.3 Å². The third kappa shape index (κ3) is 12.3. The lowest BCUT2D eigenvalue weighted by atomic mass is 9.97. The summed E-state index contributed by atoms with van der Waals surface area (Å²) in [6, 6.07) is 0. The Morgan fingerprint density at radius 2 is 1.20 bits per heavy atom. The normalized spacial score (nSPS) is 34.6. The van der Waals surface area contributed by atoms with Crippen molar-refractivity contribution in [3.8, 4) is 0 Å². The second-order valence-corrected chi connectivity index (χ2v) is 11.0. The molecule has 2 aliphatic rings. The van der Waals surface area contributed by atoms with Crippen LogP contribution >= 0.6 is 0 Å². The SMILES string of the molecule is CCCCCCCCCCCCCC=CC=CCO[C@@H]1[C@@H](O)[C@@H](O[C@H]2[C@H](O)[C@@H](O)[C@H](O)O[C@@H]2CO)O[C@H](CO)[C@H]1O. The molecule has 0 aromatic rings. The Morgan fingerprint density at radius 3 is 1.80 bits per heavy atom. The van der Waals surface area contributed by atoms with Crippen molar-refractivity contribution in [3.63, 3.8) is 0 Å². The maximum absolute atomic E-state index is 10.8. The Bertz CT molecular complexity index is 719. The number of unbranched alkanes of at least 4 members (excludes halogenated alkanes) is 11. The van der Waals surface area contributed by atoms with Gasteiger partial charge in [0.25, 0.3) is 0 Å². The molecule has 7 N–H and O–H groups in total. The van der Waals surface area contributed by atoms with Crippen molar-refractivity contribution in [2.24, 2.45) is 0 Å². The maximum Gasteiger partial charge on any atom is 0.187 e. The zero-order valence-electron chi connectivity index (χ0n) is 24.5. The van der Waals surface area contributed by atoms with Crippen LogP contribution in [0.5, 0.6) is 0 Å². The first-order valence-corrected chi connectivity index (χ1v) is 15.4. The van der Waals surface area contributed by atoms with E-state index < -0.39 is 74.6 Å². The molecule has 2 aliphatic heterocycles. The summed E-state index contributed by atoms with van der Waals surface area (Å²) >= 11 is 0. The lowest BCUT2D eigenvalue weighted by Crippen LogP contribution is -2.64. The largest absolute Gasteiger partial charge is 0.394 e. The molecule has 41 heavy (non-hydrogen) atoms. The molecule has 2 fully saturated rings. The minimum atomic E-state index is -1.73. The van der Waals surface area contributed by atoms with Crippen LogP contribution in [0.25, 0.3) is 0 Å². The number of aliphatic hydroxyl groups is 7. The fraction of sp³-hybridized carbons (Fsp3) is 0.867. The molecular weight excluding hydrogens is 536 g/mol. The Labute approximate surface area is 244 Å². The van der Waals surface area contributed by atoms with Gasteiger partial charge in [0.05, 0.1) is 19.8 Å². The summed E-state index contributed by atoms with van der Waals surface area (Å²) in [5.41, 5.74) is 0. The van der Waals surface area contributed by atoms with Crippen LogP contribution < -0.4 is 0 Å². The minimum Gasteiger partial charge on any atom is -0.394 e. The highest BCUT2D eigenvalue weighted by Crippen LogP contribution is 2.29. The van der Waals surface area contributed by atoms with Crippen LogP contribution in [-0.4, -0.2) is 117 Å². The van der Waals surface area contributed by atoms with E-state index in [9.17, 15) is 35.7 Å². The Balaban J connectivity index is 1.70. The zero-order valence-corrected chi connectivity index (χ0v) is 24.5. The molecule has 0 unspecified atom stereocenters. The van der Waals surface area contributed by atoms with Gasteiger partial charge in [-0.3, -0.25) is 0 Å². The highest BCUT2D eigenvalue weighted by Gasteiger charge is 2.50. The van der Waals surface area contributed by atoms with Gasteiger partial charge in [-0.15, -0.1) is 0 Å². The van der Waals surface area contributed by atoms with E-state index >= 15 is 0 Å². The molecule has 10 atom stereocenters. The Morgan fingerprint density at radius 1 is 0.610 bits per heavy atom. The molecule has 0 aliphatic carbocycles. The number of ether oxygens (including phenoxy) is 4. The molecule has 0 radical (unpaired) electrons. The van der Waals surface area contributed by atoms with Crippen LogP contribution in [0.4, 0.5) is 0 Å². The first-order chi connectivity index (χ1) is 19.8. The maximum atomic E-state index is 10.8. The zero-order chi connectivity index (χ0) is 30.0. The summed E-state index contributed by atoms with van der Waals surface area (Å²) in [6.07, 6.45) is 8.51. The van der Waals surface area contributed by atoms with Crippen LogP contribution in [0.2, 0.25) is 0 Å². The average molecular weight is 591 g/mol. The van der Waals surface area contributed by atoms with Gasteiger partial charge < -0.3 is 54.7 Å². The molecular formula is C30H54O11. The molecule has 2 rings (SSSR count). The molecule has 240 valence electrons. The van der Waals surface area contributed by atoms with E-state index in [1.54, 1.807) is 6.08 Å². The van der Waals surface area contributed by atoms with E-state index in [1.807, 2.05) is 12.2 Å². The average Bonchev–Trinajstić information content (AvgIpc) is 2.97. The molecule has 0 amide bonds. The predicted octanol–water partition coefficient (Wildman–Crippen LogP) is 1.44. The minimum absolute atomic E-state index is 0.0613. The summed E-state index contributed by atoms with van der Waals surface area (Å²) < 4.78 is 21.8. The number of allylic oxidation sites excluding steroid dienone is 3.